The van der Waals surface area contributed by atoms with Gasteiger partial charge in [-0.1, -0.05) is 29.8 Å². The van der Waals surface area contributed by atoms with Crippen LogP contribution in [0, 0.1) is 10.1 Å². The lowest BCUT2D eigenvalue weighted by Gasteiger charge is -2.00. The zero-order chi connectivity index (χ0) is 10.1. The molecule has 14 heavy (non-hydrogen) atoms. The first kappa shape index (κ1) is 8.97. The fraction of sp³-hybridized carbons (Fsp3) is 0. The highest BCUT2D eigenvalue weighted by Gasteiger charge is 2.12. The maximum absolute atomic E-state index is 10.7. The van der Waals surface area contributed by atoms with Gasteiger partial charge in [0.1, 0.15) is 0 Å². The number of non-ortho nitro benzene ring substituents is 1. The van der Waals surface area contributed by atoms with Gasteiger partial charge in [-0.2, -0.15) is 0 Å². The van der Waals surface area contributed by atoms with E-state index in [1.54, 1.807) is 30.3 Å². The largest absolute Gasteiger partial charge is 0.277 e. The third kappa shape index (κ3) is 1.32. The quantitative estimate of drug-likeness (QED) is 0.531. The molecule has 70 valence electrons. The van der Waals surface area contributed by atoms with Gasteiger partial charge in [0.15, 0.2) is 0 Å². The van der Waals surface area contributed by atoms with Crippen molar-refractivity contribution in [1.29, 1.82) is 0 Å². The van der Waals surface area contributed by atoms with Crippen molar-refractivity contribution in [2.45, 2.75) is 0 Å². The Hall–Kier alpha value is -1.61. The summed E-state index contributed by atoms with van der Waals surface area (Å²) < 4.78 is 0. The number of rotatable bonds is 1. The van der Waals surface area contributed by atoms with Crippen LogP contribution in [-0.2, 0) is 0 Å². The lowest BCUT2D eigenvalue weighted by atomic mass is 10.1. The van der Waals surface area contributed by atoms with Gasteiger partial charge in [0.2, 0.25) is 0 Å². The van der Waals surface area contributed by atoms with Gasteiger partial charge in [0, 0.05) is 16.5 Å². The molecule has 0 saturated carbocycles. The van der Waals surface area contributed by atoms with E-state index in [1.807, 2.05) is 0 Å². The van der Waals surface area contributed by atoms with Crippen LogP contribution in [0.25, 0.3) is 10.8 Å². The number of benzene rings is 2. The standard InChI is InChI=1S/C10H6ClNO2/c11-9-5-6-10(12(13)14)8-4-2-1-3-7(8)9/h1-6H. The van der Waals surface area contributed by atoms with Gasteiger partial charge in [0.25, 0.3) is 5.69 Å². The molecule has 0 unspecified atom stereocenters. The van der Waals surface area contributed by atoms with E-state index in [4.69, 9.17) is 11.6 Å². The van der Waals surface area contributed by atoms with Crippen molar-refractivity contribution in [3.8, 4) is 0 Å². The van der Waals surface area contributed by atoms with Crippen molar-refractivity contribution < 1.29 is 4.92 Å². The maximum atomic E-state index is 10.7. The van der Waals surface area contributed by atoms with Gasteiger partial charge in [-0.05, 0) is 12.1 Å². The predicted molar refractivity (Wildman–Crippen MR) is 55.6 cm³/mol. The van der Waals surface area contributed by atoms with Crippen molar-refractivity contribution in [1.82, 2.24) is 0 Å². The molecule has 2 aromatic carbocycles. The van der Waals surface area contributed by atoms with Crippen LogP contribution in [0.2, 0.25) is 5.02 Å². The molecular formula is C10H6ClNO2. The summed E-state index contributed by atoms with van der Waals surface area (Å²) in [6.07, 6.45) is 0. The molecule has 0 aliphatic heterocycles. The molecule has 0 N–H and O–H groups in total. The summed E-state index contributed by atoms with van der Waals surface area (Å²) in [5, 5.41) is 12.5. The van der Waals surface area contributed by atoms with Crippen molar-refractivity contribution >= 4 is 28.1 Å². The monoisotopic (exact) mass is 207 g/mol. The van der Waals surface area contributed by atoms with Crippen LogP contribution in [0.5, 0.6) is 0 Å². The highest BCUT2D eigenvalue weighted by atomic mass is 35.5. The summed E-state index contributed by atoms with van der Waals surface area (Å²) in [7, 11) is 0. The molecule has 0 saturated heterocycles. The Balaban J connectivity index is 2.88. The van der Waals surface area contributed by atoms with E-state index in [2.05, 4.69) is 0 Å². The minimum atomic E-state index is -0.404. The summed E-state index contributed by atoms with van der Waals surface area (Å²) in [6.45, 7) is 0. The Morgan fingerprint density at radius 2 is 1.71 bits per heavy atom. The third-order valence-corrected chi connectivity index (χ3v) is 2.37. The zero-order valence-corrected chi connectivity index (χ0v) is 7.86. The van der Waals surface area contributed by atoms with E-state index >= 15 is 0 Å². The lowest BCUT2D eigenvalue weighted by molar-refractivity contribution is -0.383. The van der Waals surface area contributed by atoms with E-state index in [-0.39, 0.29) is 5.69 Å². The molecule has 4 heteroatoms. The second-order valence-electron chi connectivity index (χ2n) is 2.87. The van der Waals surface area contributed by atoms with E-state index in [9.17, 15) is 10.1 Å². The Morgan fingerprint density at radius 3 is 2.36 bits per heavy atom. The third-order valence-electron chi connectivity index (χ3n) is 2.04. The molecule has 0 aliphatic carbocycles. The van der Waals surface area contributed by atoms with Crippen molar-refractivity contribution in [3.63, 3.8) is 0 Å². The molecule has 0 radical (unpaired) electrons. The number of hydrogen-bond acceptors (Lipinski definition) is 2. The Kier molecular flexibility index (Phi) is 2.09. The Morgan fingerprint density at radius 1 is 1.07 bits per heavy atom. The van der Waals surface area contributed by atoms with Gasteiger partial charge >= 0.3 is 0 Å². The molecule has 2 aromatic rings. The van der Waals surface area contributed by atoms with Crippen LogP contribution in [0.1, 0.15) is 0 Å². The molecule has 0 bridgehead atoms. The van der Waals surface area contributed by atoms with Gasteiger partial charge in [-0.25, -0.2) is 0 Å². The number of halogens is 1. The summed E-state index contributed by atoms with van der Waals surface area (Å²) in [4.78, 5) is 10.3. The number of nitro benzene ring substituents is 1. The second-order valence-corrected chi connectivity index (χ2v) is 3.28. The molecule has 0 spiro atoms. The minimum absolute atomic E-state index is 0.0880. The smallest absolute Gasteiger partial charge is 0.258 e. The first-order chi connectivity index (χ1) is 6.70. The minimum Gasteiger partial charge on any atom is -0.258 e. The fourth-order valence-electron chi connectivity index (χ4n) is 1.41. The number of nitrogens with zero attached hydrogens (tertiary/aromatic N) is 1. The van der Waals surface area contributed by atoms with Crippen LogP contribution in [0.4, 0.5) is 5.69 Å². The fourth-order valence-corrected chi connectivity index (χ4v) is 1.63. The SMILES string of the molecule is O=[N+]([O-])c1ccc(Cl)c2ccccc12. The van der Waals surface area contributed by atoms with E-state index in [0.29, 0.717) is 15.8 Å². The molecular weight excluding hydrogens is 202 g/mol. The first-order valence-electron chi connectivity index (χ1n) is 4.02. The molecule has 0 atom stereocenters. The molecule has 0 heterocycles. The van der Waals surface area contributed by atoms with Crippen LogP contribution in [0.3, 0.4) is 0 Å². The molecule has 0 fully saturated rings. The highest BCUT2D eigenvalue weighted by Crippen LogP contribution is 2.30. The van der Waals surface area contributed by atoms with Crippen molar-refractivity contribution in [2.24, 2.45) is 0 Å². The van der Waals surface area contributed by atoms with Crippen LogP contribution in [0.15, 0.2) is 36.4 Å². The van der Waals surface area contributed by atoms with Gasteiger partial charge in [0.05, 0.1) is 10.3 Å². The van der Waals surface area contributed by atoms with Gasteiger partial charge < -0.3 is 0 Å². The number of hydrogen-bond donors (Lipinski definition) is 0. The van der Waals surface area contributed by atoms with Crippen molar-refractivity contribution in [3.05, 3.63) is 51.5 Å². The molecule has 3 nitrogen and oxygen atoms in total. The summed E-state index contributed by atoms with van der Waals surface area (Å²) >= 11 is 5.91. The van der Waals surface area contributed by atoms with Gasteiger partial charge in [-0.15, -0.1) is 0 Å². The normalized spacial score (nSPS) is 10.4. The molecule has 2 rings (SSSR count). The Labute approximate surface area is 85.1 Å². The van der Waals surface area contributed by atoms with E-state index in [0.717, 1.165) is 0 Å². The molecule has 0 aliphatic rings. The van der Waals surface area contributed by atoms with Gasteiger partial charge in [-0.3, -0.25) is 10.1 Å². The average Bonchev–Trinajstić information content (AvgIpc) is 2.18. The van der Waals surface area contributed by atoms with Crippen LogP contribution >= 0.6 is 11.6 Å². The average molecular weight is 208 g/mol. The molecule has 0 amide bonds. The van der Waals surface area contributed by atoms with E-state index in [1.165, 1.54) is 6.07 Å². The van der Waals surface area contributed by atoms with E-state index < -0.39 is 4.92 Å². The van der Waals surface area contributed by atoms with Crippen LogP contribution < -0.4 is 0 Å². The lowest BCUT2D eigenvalue weighted by Crippen LogP contribution is -1.89. The first-order valence-corrected chi connectivity index (χ1v) is 4.39. The van der Waals surface area contributed by atoms with Crippen LogP contribution in [-0.4, -0.2) is 4.92 Å². The molecule has 0 aromatic heterocycles. The summed E-state index contributed by atoms with van der Waals surface area (Å²) in [5.41, 5.74) is 0.0880. The summed E-state index contributed by atoms with van der Waals surface area (Å²) in [6, 6.07) is 9.99. The number of nitro groups is 1. The highest BCUT2D eigenvalue weighted by molar-refractivity contribution is 6.35. The topological polar surface area (TPSA) is 43.1 Å². The van der Waals surface area contributed by atoms with Crippen molar-refractivity contribution in [2.75, 3.05) is 0 Å². The maximum Gasteiger partial charge on any atom is 0.277 e. The summed E-state index contributed by atoms with van der Waals surface area (Å²) in [5.74, 6) is 0. The number of fused-ring (bicyclic) bond motifs is 1. The predicted octanol–water partition coefficient (Wildman–Crippen LogP) is 3.40. The second kappa shape index (κ2) is 3.27. The Bertz CT molecular complexity index is 510. The zero-order valence-electron chi connectivity index (χ0n) is 7.11.